The van der Waals surface area contributed by atoms with Crippen LogP contribution in [-0.2, 0) is 19.5 Å². The normalized spacial score (nSPS) is 13.6. The third-order valence-corrected chi connectivity index (χ3v) is 6.30. The lowest BCUT2D eigenvalue weighted by Gasteiger charge is -2.29. The minimum absolute atomic E-state index is 0.106. The first-order valence-electron chi connectivity index (χ1n) is 11.8. The summed E-state index contributed by atoms with van der Waals surface area (Å²) >= 11 is 0. The Hall–Kier alpha value is -3.22. The van der Waals surface area contributed by atoms with E-state index < -0.39 is 0 Å². The summed E-state index contributed by atoms with van der Waals surface area (Å²) in [6.07, 6.45) is 1.96. The summed E-state index contributed by atoms with van der Waals surface area (Å²) < 4.78 is 2.30. The van der Waals surface area contributed by atoms with Gasteiger partial charge in [0.1, 0.15) is 11.5 Å². The van der Waals surface area contributed by atoms with Crippen LogP contribution < -0.4 is 5.73 Å². The van der Waals surface area contributed by atoms with E-state index in [4.69, 9.17) is 10.7 Å². The molecule has 1 amide bonds. The van der Waals surface area contributed by atoms with E-state index in [9.17, 15) is 4.79 Å². The third kappa shape index (κ3) is 4.77. The second kappa shape index (κ2) is 9.33. The first-order valence-corrected chi connectivity index (χ1v) is 11.8. The van der Waals surface area contributed by atoms with Gasteiger partial charge < -0.3 is 15.2 Å². The van der Waals surface area contributed by atoms with E-state index in [1.165, 1.54) is 5.56 Å². The predicted molar refractivity (Wildman–Crippen MR) is 131 cm³/mol. The SMILES string of the molecule is Cc1ccccc1-c1nc(CCC(C)C)c2n1CCN(C(=O)c1cc(C(C)C)nc(N)n1)C2. The number of rotatable bonds is 6. The molecule has 7 nitrogen and oxygen atoms in total. The van der Waals surface area contributed by atoms with Gasteiger partial charge in [0.25, 0.3) is 5.91 Å². The monoisotopic (exact) mass is 446 g/mol. The fourth-order valence-electron chi connectivity index (χ4n) is 4.32. The van der Waals surface area contributed by atoms with Crippen LogP contribution in [0.3, 0.4) is 0 Å². The van der Waals surface area contributed by atoms with Gasteiger partial charge in [-0.05, 0) is 43.2 Å². The van der Waals surface area contributed by atoms with Crippen LogP contribution >= 0.6 is 0 Å². The topological polar surface area (TPSA) is 89.9 Å². The highest BCUT2D eigenvalue weighted by molar-refractivity contribution is 5.92. The molecule has 4 rings (SSSR count). The van der Waals surface area contributed by atoms with Crippen LogP contribution in [0.2, 0.25) is 0 Å². The average molecular weight is 447 g/mol. The minimum Gasteiger partial charge on any atom is -0.368 e. The second-order valence-corrected chi connectivity index (χ2v) is 9.65. The molecular weight excluding hydrogens is 412 g/mol. The van der Waals surface area contributed by atoms with Gasteiger partial charge in [-0.3, -0.25) is 4.79 Å². The van der Waals surface area contributed by atoms with Gasteiger partial charge in [-0.2, -0.15) is 0 Å². The van der Waals surface area contributed by atoms with Crippen LogP contribution in [0.25, 0.3) is 11.4 Å². The Kier molecular flexibility index (Phi) is 6.49. The Labute approximate surface area is 196 Å². The fraction of sp³-hybridized carbons (Fsp3) is 0.462. The van der Waals surface area contributed by atoms with Gasteiger partial charge in [0, 0.05) is 24.3 Å². The maximum absolute atomic E-state index is 13.4. The van der Waals surface area contributed by atoms with Crippen molar-refractivity contribution >= 4 is 11.9 Å². The molecule has 0 saturated carbocycles. The maximum Gasteiger partial charge on any atom is 0.273 e. The van der Waals surface area contributed by atoms with Gasteiger partial charge in [0.05, 0.1) is 17.9 Å². The van der Waals surface area contributed by atoms with E-state index >= 15 is 0 Å². The van der Waals surface area contributed by atoms with Gasteiger partial charge in [-0.1, -0.05) is 52.0 Å². The Balaban J connectivity index is 1.69. The molecule has 0 aliphatic carbocycles. The Bertz CT molecular complexity index is 1160. The summed E-state index contributed by atoms with van der Waals surface area (Å²) in [6, 6.07) is 10.1. The van der Waals surface area contributed by atoms with Crippen molar-refractivity contribution in [3.05, 3.63) is 58.7 Å². The summed E-state index contributed by atoms with van der Waals surface area (Å²) in [5.74, 6) is 1.80. The highest BCUT2D eigenvalue weighted by Gasteiger charge is 2.29. The number of aryl methyl sites for hydroxylation is 2. The van der Waals surface area contributed by atoms with Crippen molar-refractivity contribution in [2.45, 2.75) is 66.5 Å². The lowest BCUT2D eigenvalue weighted by atomic mass is 10.0. The molecule has 2 aromatic heterocycles. The largest absolute Gasteiger partial charge is 0.368 e. The van der Waals surface area contributed by atoms with Crippen molar-refractivity contribution < 1.29 is 4.79 Å². The molecule has 1 aliphatic heterocycles. The van der Waals surface area contributed by atoms with Crippen LogP contribution in [0, 0.1) is 12.8 Å². The molecule has 2 N–H and O–H groups in total. The van der Waals surface area contributed by atoms with Crippen LogP contribution in [0.5, 0.6) is 0 Å². The zero-order valence-electron chi connectivity index (χ0n) is 20.3. The van der Waals surface area contributed by atoms with E-state index in [1.54, 1.807) is 6.07 Å². The molecule has 0 atom stereocenters. The fourth-order valence-corrected chi connectivity index (χ4v) is 4.32. The molecule has 33 heavy (non-hydrogen) atoms. The van der Waals surface area contributed by atoms with Crippen LogP contribution in [0.15, 0.2) is 30.3 Å². The van der Waals surface area contributed by atoms with Crippen molar-refractivity contribution in [2.24, 2.45) is 5.92 Å². The number of aromatic nitrogens is 4. The molecule has 3 aromatic rings. The molecule has 3 heterocycles. The highest BCUT2D eigenvalue weighted by Crippen LogP contribution is 2.30. The molecular formula is C26H34N6O. The van der Waals surface area contributed by atoms with Crippen LogP contribution in [-0.4, -0.2) is 36.9 Å². The number of imidazole rings is 1. The third-order valence-electron chi connectivity index (χ3n) is 6.30. The lowest BCUT2D eigenvalue weighted by molar-refractivity contribution is 0.0704. The number of carbonyl (C=O) groups excluding carboxylic acids is 1. The van der Waals surface area contributed by atoms with E-state index in [-0.39, 0.29) is 17.8 Å². The van der Waals surface area contributed by atoms with E-state index in [0.717, 1.165) is 41.3 Å². The Morgan fingerprint density at radius 3 is 2.55 bits per heavy atom. The number of hydrogen-bond acceptors (Lipinski definition) is 5. The number of nitrogen functional groups attached to an aromatic ring is 1. The molecule has 0 unspecified atom stereocenters. The molecule has 0 radical (unpaired) electrons. The quantitative estimate of drug-likeness (QED) is 0.598. The Morgan fingerprint density at radius 2 is 1.85 bits per heavy atom. The van der Waals surface area contributed by atoms with Crippen molar-refractivity contribution in [1.29, 1.82) is 0 Å². The predicted octanol–water partition coefficient (Wildman–Crippen LogP) is 4.60. The molecule has 0 fully saturated rings. The van der Waals surface area contributed by atoms with Crippen LogP contribution in [0.4, 0.5) is 5.95 Å². The number of fused-ring (bicyclic) bond motifs is 1. The van der Waals surface area contributed by atoms with E-state index in [1.807, 2.05) is 18.7 Å². The minimum atomic E-state index is -0.106. The zero-order valence-corrected chi connectivity index (χ0v) is 20.3. The highest BCUT2D eigenvalue weighted by atomic mass is 16.2. The summed E-state index contributed by atoms with van der Waals surface area (Å²) in [7, 11) is 0. The molecule has 0 saturated heterocycles. The molecule has 174 valence electrons. The van der Waals surface area contributed by atoms with Gasteiger partial charge in [-0.15, -0.1) is 0 Å². The molecule has 0 spiro atoms. The first-order chi connectivity index (χ1) is 15.7. The van der Waals surface area contributed by atoms with Crippen molar-refractivity contribution in [3.63, 3.8) is 0 Å². The lowest BCUT2D eigenvalue weighted by Crippen LogP contribution is -2.39. The standard InChI is InChI=1S/C26H34N6O/c1-16(2)10-11-20-23-15-31(25(33)22-14-21(17(3)4)29-26(27)30-22)12-13-32(23)24(28-20)19-9-7-6-8-18(19)5/h6-9,14,16-17H,10-13,15H2,1-5H3,(H2,27,29,30). The summed E-state index contributed by atoms with van der Waals surface area (Å²) in [5.41, 5.74) is 11.6. The summed E-state index contributed by atoms with van der Waals surface area (Å²) in [5, 5.41) is 0. The Morgan fingerprint density at radius 1 is 1.09 bits per heavy atom. The number of carbonyl (C=O) groups is 1. The smallest absolute Gasteiger partial charge is 0.273 e. The number of nitrogens with zero attached hydrogens (tertiary/aromatic N) is 5. The number of amides is 1. The van der Waals surface area contributed by atoms with Gasteiger partial charge in [-0.25, -0.2) is 15.0 Å². The average Bonchev–Trinajstić information content (AvgIpc) is 3.14. The van der Waals surface area contributed by atoms with Gasteiger partial charge >= 0.3 is 0 Å². The van der Waals surface area contributed by atoms with Crippen molar-refractivity contribution in [3.8, 4) is 11.4 Å². The number of hydrogen-bond donors (Lipinski definition) is 1. The van der Waals surface area contributed by atoms with Gasteiger partial charge in [0.15, 0.2) is 0 Å². The molecule has 1 aromatic carbocycles. The van der Waals surface area contributed by atoms with Crippen LogP contribution in [0.1, 0.15) is 73.2 Å². The van der Waals surface area contributed by atoms with E-state index in [2.05, 4.69) is 59.6 Å². The maximum atomic E-state index is 13.4. The van der Waals surface area contributed by atoms with Crippen molar-refractivity contribution in [1.82, 2.24) is 24.4 Å². The van der Waals surface area contributed by atoms with Crippen molar-refractivity contribution in [2.75, 3.05) is 12.3 Å². The molecule has 7 heteroatoms. The zero-order chi connectivity index (χ0) is 23.7. The summed E-state index contributed by atoms with van der Waals surface area (Å²) in [4.78, 5) is 28.9. The van der Waals surface area contributed by atoms with Gasteiger partial charge in [0.2, 0.25) is 5.95 Å². The summed E-state index contributed by atoms with van der Waals surface area (Å²) in [6.45, 7) is 12.5. The second-order valence-electron chi connectivity index (χ2n) is 9.65. The number of benzene rings is 1. The number of nitrogens with two attached hydrogens (primary N) is 1. The molecule has 1 aliphatic rings. The van der Waals surface area contributed by atoms with E-state index in [0.29, 0.717) is 31.2 Å². The molecule has 0 bridgehead atoms. The number of anilines is 1. The first kappa shape index (κ1) is 23.0.